The Morgan fingerprint density at radius 2 is 1.38 bits per heavy atom. The van der Waals surface area contributed by atoms with E-state index in [0.29, 0.717) is 5.41 Å². The zero-order valence-electron chi connectivity index (χ0n) is 12.6. The first-order chi connectivity index (χ1) is 7.52. The Labute approximate surface area is 104 Å². The quantitative estimate of drug-likeness (QED) is 0.419. The molecular weight excluding hydrogens is 192 g/mol. The molecule has 0 aliphatic heterocycles. The fraction of sp³-hybridized carbons (Fsp3) is 1.00. The first-order valence-electron chi connectivity index (χ1n) is 7.52. The van der Waals surface area contributed by atoms with E-state index in [1.807, 2.05) is 0 Å². The SMILES string of the molecule is CCCCCC(C)C(C)(CC)C(C)CCC. The summed E-state index contributed by atoms with van der Waals surface area (Å²) in [4.78, 5) is 0. The smallest absolute Gasteiger partial charge is 0.0277 e. The summed E-state index contributed by atoms with van der Waals surface area (Å²) < 4.78 is 0. The van der Waals surface area contributed by atoms with Crippen molar-refractivity contribution >= 4 is 0 Å². The number of hydrogen-bond acceptors (Lipinski definition) is 0. The molecule has 98 valence electrons. The average molecular weight is 226 g/mol. The van der Waals surface area contributed by atoms with Gasteiger partial charge in [-0.1, -0.05) is 86.5 Å². The van der Waals surface area contributed by atoms with Gasteiger partial charge in [0, 0.05) is 0 Å². The number of unbranched alkanes of at least 4 members (excludes halogenated alkanes) is 2. The summed E-state index contributed by atoms with van der Waals surface area (Å²) in [5.74, 6) is 1.75. The van der Waals surface area contributed by atoms with E-state index >= 15 is 0 Å². The molecule has 0 saturated heterocycles. The third-order valence-corrected chi connectivity index (χ3v) is 4.98. The third kappa shape index (κ3) is 4.47. The van der Waals surface area contributed by atoms with Crippen molar-refractivity contribution in [1.82, 2.24) is 0 Å². The molecule has 0 fully saturated rings. The summed E-state index contributed by atoms with van der Waals surface area (Å²) in [5, 5.41) is 0. The van der Waals surface area contributed by atoms with E-state index in [4.69, 9.17) is 0 Å². The van der Waals surface area contributed by atoms with Crippen LogP contribution in [0.5, 0.6) is 0 Å². The van der Waals surface area contributed by atoms with Crippen molar-refractivity contribution in [2.24, 2.45) is 17.3 Å². The maximum atomic E-state index is 2.52. The molecule has 0 aromatic heterocycles. The number of rotatable bonds is 9. The van der Waals surface area contributed by atoms with Crippen LogP contribution in [0.15, 0.2) is 0 Å². The molecular formula is C16H34. The number of hydrogen-bond donors (Lipinski definition) is 0. The van der Waals surface area contributed by atoms with Gasteiger partial charge in [0.25, 0.3) is 0 Å². The summed E-state index contributed by atoms with van der Waals surface area (Å²) in [5.41, 5.74) is 0.559. The maximum absolute atomic E-state index is 2.52. The summed E-state index contributed by atoms with van der Waals surface area (Å²) in [7, 11) is 0. The zero-order valence-corrected chi connectivity index (χ0v) is 12.6. The Morgan fingerprint density at radius 1 is 0.812 bits per heavy atom. The maximum Gasteiger partial charge on any atom is -0.0277 e. The van der Waals surface area contributed by atoms with Gasteiger partial charge in [0.1, 0.15) is 0 Å². The van der Waals surface area contributed by atoms with Crippen LogP contribution in [0, 0.1) is 17.3 Å². The van der Waals surface area contributed by atoms with Gasteiger partial charge in [0.15, 0.2) is 0 Å². The minimum absolute atomic E-state index is 0.559. The molecule has 0 heteroatoms. The highest BCUT2D eigenvalue weighted by atomic mass is 14.4. The van der Waals surface area contributed by atoms with E-state index in [-0.39, 0.29) is 0 Å². The van der Waals surface area contributed by atoms with Crippen LogP contribution in [0.3, 0.4) is 0 Å². The molecule has 0 saturated carbocycles. The fourth-order valence-electron chi connectivity index (χ4n) is 2.98. The van der Waals surface area contributed by atoms with Crippen LogP contribution in [0.25, 0.3) is 0 Å². The summed E-state index contributed by atoms with van der Waals surface area (Å²) in [6, 6.07) is 0. The predicted molar refractivity (Wildman–Crippen MR) is 75.8 cm³/mol. The molecule has 0 bridgehead atoms. The van der Waals surface area contributed by atoms with Crippen molar-refractivity contribution in [2.45, 2.75) is 86.5 Å². The van der Waals surface area contributed by atoms with E-state index < -0.39 is 0 Å². The molecule has 0 aliphatic carbocycles. The molecule has 0 spiro atoms. The largest absolute Gasteiger partial charge is 0.0654 e. The molecule has 16 heavy (non-hydrogen) atoms. The Morgan fingerprint density at radius 3 is 1.81 bits per heavy atom. The van der Waals surface area contributed by atoms with Crippen LogP contribution in [0.1, 0.15) is 86.5 Å². The second-order valence-electron chi connectivity index (χ2n) is 5.95. The van der Waals surface area contributed by atoms with Crippen molar-refractivity contribution in [2.75, 3.05) is 0 Å². The molecule has 0 aromatic carbocycles. The van der Waals surface area contributed by atoms with E-state index in [1.165, 1.54) is 44.9 Å². The highest BCUT2D eigenvalue weighted by molar-refractivity contribution is 4.83. The molecule has 0 amide bonds. The fourth-order valence-corrected chi connectivity index (χ4v) is 2.98. The second kappa shape index (κ2) is 8.14. The topological polar surface area (TPSA) is 0 Å². The normalized spacial score (nSPS) is 19.1. The lowest BCUT2D eigenvalue weighted by Gasteiger charge is -2.41. The first kappa shape index (κ1) is 16.0. The van der Waals surface area contributed by atoms with Gasteiger partial charge in [-0.2, -0.15) is 0 Å². The lowest BCUT2D eigenvalue weighted by molar-refractivity contribution is 0.0918. The molecule has 3 unspecified atom stereocenters. The van der Waals surface area contributed by atoms with Gasteiger partial charge in [-0.3, -0.25) is 0 Å². The van der Waals surface area contributed by atoms with Gasteiger partial charge < -0.3 is 0 Å². The van der Waals surface area contributed by atoms with Crippen LogP contribution in [0.2, 0.25) is 0 Å². The Hall–Kier alpha value is 0. The van der Waals surface area contributed by atoms with Gasteiger partial charge in [0.2, 0.25) is 0 Å². The van der Waals surface area contributed by atoms with Gasteiger partial charge >= 0.3 is 0 Å². The molecule has 0 aliphatic rings. The van der Waals surface area contributed by atoms with E-state index in [0.717, 1.165) is 11.8 Å². The van der Waals surface area contributed by atoms with Gasteiger partial charge in [-0.15, -0.1) is 0 Å². The third-order valence-electron chi connectivity index (χ3n) is 4.98. The second-order valence-corrected chi connectivity index (χ2v) is 5.95. The lowest BCUT2D eigenvalue weighted by atomic mass is 9.65. The van der Waals surface area contributed by atoms with Crippen molar-refractivity contribution in [1.29, 1.82) is 0 Å². The monoisotopic (exact) mass is 226 g/mol. The summed E-state index contributed by atoms with van der Waals surface area (Å²) in [6.07, 6.45) is 9.66. The average Bonchev–Trinajstić information content (AvgIpc) is 2.28. The van der Waals surface area contributed by atoms with Crippen molar-refractivity contribution in [3.05, 3.63) is 0 Å². The Kier molecular flexibility index (Phi) is 8.14. The molecule has 0 aromatic rings. The van der Waals surface area contributed by atoms with Crippen molar-refractivity contribution in [3.63, 3.8) is 0 Å². The summed E-state index contributed by atoms with van der Waals surface area (Å²) >= 11 is 0. The van der Waals surface area contributed by atoms with E-state index in [2.05, 4.69) is 41.5 Å². The van der Waals surface area contributed by atoms with Gasteiger partial charge in [-0.05, 0) is 17.3 Å². The van der Waals surface area contributed by atoms with Crippen LogP contribution in [0.4, 0.5) is 0 Å². The van der Waals surface area contributed by atoms with E-state index in [1.54, 1.807) is 0 Å². The van der Waals surface area contributed by atoms with Gasteiger partial charge in [0.05, 0.1) is 0 Å². The highest BCUT2D eigenvalue weighted by Gasteiger charge is 2.33. The van der Waals surface area contributed by atoms with Crippen molar-refractivity contribution in [3.8, 4) is 0 Å². The molecule has 0 nitrogen and oxygen atoms in total. The molecule has 0 radical (unpaired) electrons. The van der Waals surface area contributed by atoms with Crippen LogP contribution < -0.4 is 0 Å². The minimum Gasteiger partial charge on any atom is -0.0654 e. The molecule has 3 atom stereocenters. The van der Waals surface area contributed by atoms with Crippen LogP contribution >= 0.6 is 0 Å². The van der Waals surface area contributed by atoms with Gasteiger partial charge in [-0.25, -0.2) is 0 Å². The molecule has 0 heterocycles. The Bertz CT molecular complexity index is 161. The Balaban J connectivity index is 4.30. The molecule has 0 N–H and O–H groups in total. The van der Waals surface area contributed by atoms with Crippen LogP contribution in [-0.2, 0) is 0 Å². The summed E-state index contributed by atoms with van der Waals surface area (Å²) in [6.45, 7) is 14.4. The predicted octanol–water partition coefficient (Wildman–Crippen LogP) is 6.06. The molecule has 0 rings (SSSR count). The zero-order chi connectivity index (χ0) is 12.6. The highest BCUT2D eigenvalue weighted by Crippen LogP contribution is 2.43. The lowest BCUT2D eigenvalue weighted by Crippen LogP contribution is -2.32. The van der Waals surface area contributed by atoms with E-state index in [9.17, 15) is 0 Å². The van der Waals surface area contributed by atoms with Crippen LogP contribution in [-0.4, -0.2) is 0 Å². The first-order valence-corrected chi connectivity index (χ1v) is 7.52. The van der Waals surface area contributed by atoms with Crippen molar-refractivity contribution < 1.29 is 0 Å². The minimum atomic E-state index is 0.559. The standard InChI is InChI=1S/C16H34/c1-7-10-11-13-15(5)16(6,9-3)14(4)12-8-2/h14-15H,7-13H2,1-6H3.